The van der Waals surface area contributed by atoms with Gasteiger partial charge in [-0.3, -0.25) is 0 Å². The molecule has 4 heteroatoms. The molecule has 4 nitrogen and oxygen atoms in total. The molecule has 0 unspecified atom stereocenters. The van der Waals surface area contributed by atoms with Crippen LogP contribution in [-0.4, -0.2) is 12.1 Å². The topological polar surface area (TPSA) is 48.1 Å². The average molecular weight is 172 g/mol. The maximum Gasteiger partial charge on any atom is 0.0297 e. The maximum atomic E-state index is 3.03. The third-order valence-corrected chi connectivity index (χ3v) is 0.994. The van der Waals surface area contributed by atoms with Gasteiger partial charge in [0.25, 0.3) is 0 Å². The van der Waals surface area contributed by atoms with E-state index in [0.717, 1.165) is 0 Å². The standard InChI is InChI=1S/C8H20N4/c1-7(2)11-9-5-6-10-12-8(3)4/h5-12H,1-4H3. The second-order valence-electron chi connectivity index (χ2n) is 3.22. The van der Waals surface area contributed by atoms with E-state index in [0.29, 0.717) is 12.1 Å². The van der Waals surface area contributed by atoms with Crippen LogP contribution in [0, 0.1) is 0 Å². The molecule has 0 aromatic carbocycles. The van der Waals surface area contributed by atoms with Gasteiger partial charge >= 0.3 is 0 Å². The Morgan fingerprint density at radius 2 is 1.08 bits per heavy atom. The summed E-state index contributed by atoms with van der Waals surface area (Å²) in [5.41, 5.74) is 11.9. The Labute approximate surface area is 74.7 Å². The molecule has 0 aliphatic rings. The summed E-state index contributed by atoms with van der Waals surface area (Å²) < 4.78 is 0. The summed E-state index contributed by atoms with van der Waals surface area (Å²) in [5.74, 6) is 0. The fourth-order valence-electron chi connectivity index (χ4n) is 0.513. The minimum absolute atomic E-state index is 0.438. The van der Waals surface area contributed by atoms with E-state index in [4.69, 9.17) is 0 Å². The van der Waals surface area contributed by atoms with E-state index in [1.165, 1.54) is 0 Å². The van der Waals surface area contributed by atoms with Crippen molar-refractivity contribution in [1.29, 1.82) is 0 Å². The van der Waals surface area contributed by atoms with Gasteiger partial charge in [-0.15, -0.1) is 0 Å². The number of hydrogen-bond acceptors (Lipinski definition) is 4. The van der Waals surface area contributed by atoms with Crippen LogP contribution in [0.4, 0.5) is 0 Å². The first-order valence-corrected chi connectivity index (χ1v) is 4.30. The largest absolute Gasteiger partial charge is 0.327 e. The number of hydrogen-bond donors (Lipinski definition) is 4. The van der Waals surface area contributed by atoms with Crippen LogP contribution < -0.4 is 21.7 Å². The lowest BCUT2D eigenvalue weighted by Gasteiger charge is -2.08. The molecule has 0 atom stereocenters. The highest BCUT2D eigenvalue weighted by Crippen LogP contribution is 1.71. The van der Waals surface area contributed by atoms with E-state index in [9.17, 15) is 0 Å². The van der Waals surface area contributed by atoms with E-state index in [1.54, 1.807) is 12.4 Å². The van der Waals surface area contributed by atoms with Gasteiger partial charge in [-0.1, -0.05) is 0 Å². The van der Waals surface area contributed by atoms with Gasteiger partial charge in [-0.05, 0) is 27.7 Å². The van der Waals surface area contributed by atoms with E-state index < -0.39 is 0 Å². The SMILES string of the molecule is CC(C)NNC=CNNC(C)C. The molecular weight excluding hydrogens is 152 g/mol. The summed E-state index contributed by atoms with van der Waals surface area (Å²) >= 11 is 0. The van der Waals surface area contributed by atoms with Crippen molar-refractivity contribution in [3.8, 4) is 0 Å². The van der Waals surface area contributed by atoms with Crippen molar-refractivity contribution < 1.29 is 0 Å². The molecule has 0 amide bonds. The molecular formula is C8H20N4. The summed E-state index contributed by atoms with van der Waals surface area (Å²) in [4.78, 5) is 0. The van der Waals surface area contributed by atoms with Gasteiger partial charge in [-0.2, -0.15) is 0 Å². The van der Waals surface area contributed by atoms with Crippen LogP contribution in [0.25, 0.3) is 0 Å². The zero-order valence-corrected chi connectivity index (χ0v) is 8.31. The summed E-state index contributed by atoms with van der Waals surface area (Å²) in [7, 11) is 0. The molecule has 0 spiro atoms. The van der Waals surface area contributed by atoms with Crippen LogP contribution >= 0.6 is 0 Å². The second kappa shape index (κ2) is 6.94. The monoisotopic (exact) mass is 172 g/mol. The first-order chi connectivity index (χ1) is 5.63. The number of rotatable bonds is 6. The van der Waals surface area contributed by atoms with Gasteiger partial charge < -0.3 is 10.9 Å². The van der Waals surface area contributed by atoms with Crippen molar-refractivity contribution >= 4 is 0 Å². The Morgan fingerprint density at radius 1 is 0.750 bits per heavy atom. The zero-order valence-electron chi connectivity index (χ0n) is 8.31. The van der Waals surface area contributed by atoms with Crippen LogP contribution in [0.3, 0.4) is 0 Å². The molecule has 0 aliphatic heterocycles. The van der Waals surface area contributed by atoms with Gasteiger partial charge in [-0.25, -0.2) is 10.9 Å². The fraction of sp³-hybridized carbons (Fsp3) is 0.750. The lowest BCUT2D eigenvalue weighted by Crippen LogP contribution is -2.36. The molecule has 0 aromatic rings. The molecule has 0 bridgehead atoms. The Morgan fingerprint density at radius 3 is 1.33 bits per heavy atom. The Hall–Kier alpha value is -0.740. The first-order valence-electron chi connectivity index (χ1n) is 4.30. The smallest absolute Gasteiger partial charge is 0.0297 e. The van der Waals surface area contributed by atoms with Crippen molar-refractivity contribution in [1.82, 2.24) is 21.7 Å². The highest BCUT2D eigenvalue weighted by Gasteiger charge is 1.86. The van der Waals surface area contributed by atoms with Gasteiger partial charge in [0, 0.05) is 24.5 Å². The van der Waals surface area contributed by atoms with Crippen LogP contribution in [0.2, 0.25) is 0 Å². The predicted molar refractivity (Wildman–Crippen MR) is 52.0 cm³/mol. The summed E-state index contributed by atoms with van der Waals surface area (Å²) in [6.07, 6.45) is 3.60. The molecule has 0 heterocycles. The minimum atomic E-state index is 0.438. The third kappa shape index (κ3) is 9.26. The molecule has 12 heavy (non-hydrogen) atoms. The molecule has 0 fully saturated rings. The van der Waals surface area contributed by atoms with Crippen molar-refractivity contribution in [2.75, 3.05) is 0 Å². The molecule has 0 rings (SSSR count). The molecule has 0 aliphatic carbocycles. The lowest BCUT2D eigenvalue weighted by molar-refractivity contribution is 0.520. The molecule has 0 saturated carbocycles. The average Bonchev–Trinajstić information content (AvgIpc) is 1.95. The predicted octanol–water partition coefficient (Wildman–Crippen LogP) is 0.463. The number of nitrogens with one attached hydrogen (secondary N) is 4. The third-order valence-electron chi connectivity index (χ3n) is 0.994. The van der Waals surface area contributed by atoms with Crippen LogP contribution in [0.15, 0.2) is 12.4 Å². The highest BCUT2D eigenvalue weighted by atomic mass is 15.4. The summed E-state index contributed by atoms with van der Waals surface area (Å²) in [5, 5.41) is 0. The van der Waals surface area contributed by atoms with E-state index >= 15 is 0 Å². The van der Waals surface area contributed by atoms with Crippen LogP contribution in [-0.2, 0) is 0 Å². The lowest BCUT2D eigenvalue weighted by atomic mass is 10.4. The van der Waals surface area contributed by atoms with Crippen molar-refractivity contribution in [3.05, 3.63) is 12.4 Å². The van der Waals surface area contributed by atoms with E-state index in [2.05, 4.69) is 49.4 Å². The number of hydrazine groups is 2. The normalized spacial score (nSPS) is 11.5. The van der Waals surface area contributed by atoms with Crippen LogP contribution in [0.1, 0.15) is 27.7 Å². The Kier molecular flexibility index (Phi) is 6.51. The van der Waals surface area contributed by atoms with Gasteiger partial charge in [0.05, 0.1) is 0 Å². The second-order valence-corrected chi connectivity index (χ2v) is 3.22. The van der Waals surface area contributed by atoms with Gasteiger partial charge in [0.1, 0.15) is 0 Å². The van der Waals surface area contributed by atoms with Crippen molar-refractivity contribution in [2.24, 2.45) is 0 Å². The van der Waals surface area contributed by atoms with E-state index in [-0.39, 0.29) is 0 Å². The van der Waals surface area contributed by atoms with Gasteiger partial charge in [0.2, 0.25) is 0 Å². The molecule has 0 aromatic heterocycles. The summed E-state index contributed by atoms with van der Waals surface area (Å²) in [6.45, 7) is 8.28. The quantitative estimate of drug-likeness (QED) is 0.440. The highest BCUT2D eigenvalue weighted by molar-refractivity contribution is 4.74. The summed E-state index contributed by atoms with van der Waals surface area (Å²) in [6, 6.07) is 0.875. The maximum absolute atomic E-state index is 3.03. The Balaban J connectivity index is 3.15. The molecule has 0 saturated heterocycles. The zero-order chi connectivity index (χ0) is 9.40. The van der Waals surface area contributed by atoms with Crippen molar-refractivity contribution in [3.63, 3.8) is 0 Å². The molecule has 72 valence electrons. The molecule has 4 N–H and O–H groups in total. The first kappa shape index (κ1) is 11.3. The minimum Gasteiger partial charge on any atom is -0.327 e. The Bertz CT molecular complexity index is 106. The van der Waals surface area contributed by atoms with Crippen LogP contribution in [0.5, 0.6) is 0 Å². The fourth-order valence-corrected chi connectivity index (χ4v) is 0.513. The van der Waals surface area contributed by atoms with Crippen molar-refractivity contribution in [2.45, 2.75) is 39.8 Å². The van der Waals surface area contributed by atoms with Gasteiger partial charge in [0.15, 0.2) is 0 Å². The van der Waals surface area contributed by atoms with E-state index in [1.807, 2.05) is 0 Å². The molecule has 0 radical (unpaired) electrons.